The maximum Gasteiger partial charge on any atom is 0.228 e. The molecule has 25 heavy (non-hydrogen) atoms. The molecule has 1 saturated carbocycles. The van der Waals surface area contributed by atoms with Gasteiger partial charge in [-0.2, -0.15) is 0 Å². The summed E-state index contributed by atoms with van der Waals surface area (Å²) < 4.78 is 0. The van der Waals surface area contributed by atoms with Crippen LogP contribution in [0.3, 0.4) is 0 Å². The van der Waals surface area contributed by atoms with Crippen molar-refractivity contribution in [2.75, 3.05) is 10.6 Å². The monoisotopic (exact) mass is 396 g/mol. The first-order chi connectivity index (χ1) is 11.8. The summed E-state index contributed by atoms with van der Waals surface area (Å²) in [6, 6.07) is 10.1. The van der Waals surface area contributed by atoms with Crippen molar-refractivity contribution in [2.24, 2.45) is 11.8 Å². The van der Waals surface area contributed by atoms with Crippen LogP contribution in [0.4, 0.5) is 11.4 Å². The van der Waals surface area contributed by atoms with Crippen molar-refractivity contribution >= 4 is 58.0 Å². The SMILES string of the molecule is Cc1ccc(NC(=O)C2CC2C(=O)Nc2cc(Cl)ccc2Cl)cc1Cl. The third-order valence-electron chi connectivity index (χ3n) is 4.09. The average molecular weight is 398 g/mol. The first-order valence-electron chi connectivity index (χ1n) is 7.68. The van der Waals surface area contributed by atoms with E-state index in [2.05, 4.69) is 10.6 Å². The number of carbonyl (C=O) groups is 2. The third kappa shape index (κ3) is 4.27. The molecule has 1 fully saturated rings. The largest absolute Gasteiger partial charge is 0.326 e. The molecule has 1 aliphatic carbocycles. The lowest BCUT2D eigenvalue weighted by atomic mass is 10.2. The van der Waals surface area contributed by atoms with E-state index in [-0.39, 0.29) is 23.7 Å². The van der Waals surface area contributed by atoms with Crippen molar-refractivity contribution < 1.29 is 9.59 Å². The van der Waals surface area contributed by atoms with Crippen molar-refractivity contribution in [2.45, 2.75) is 13.3 Å². The van der Waals surface area contributed by atoms with Crippen LogP contribution in [-0.4, -0.2) is 11.8 Å². The highest BCUT2D eigenvalue weighted by molar-refractivity contribution is 6.35. The third-order valence-corrected chi connectivity index (χ3v) is 5.06. The number of nitrogens with one attached hydrogen (secondary N) is 2. The quantitative estimate of drug-likeness (QED) is 0.748. The first-order valence-corrected chi connectivity index (χ1v) is 8.81. The predicted molar refractivity (Wildman–Crippen MR) is 102 cm³/mol. The van der Waals surface area contributed by atoms with Gasteiger partial charge in [0.05, 0.1) is 22.5 Å². The number of hydrogen-bond donors (Lipinski definition) is 2. The van der Waals surface area contributed by atoms with Gasteiger partial charge in [0.25, 0.3) is 0 Å². The summed E-state index contributed by atoms with van der Waals surface area (Å²) in [7, 11) is 0. The normalized spacial score (nSPS) is 18.6. The molecule has 2 aromatic rings. The van der Waals surface area contributed by atoms with E-state index >= 15 is 0 Å². The molecule has 0 aliphatic heterocycles. The van der Waals surface area contributed by atoms with Gasteiger partial charge in [0.2, 0.25) is 11.8 Å². The fourth-order valence-corrected chi connectivity index (χ4v) is 3.02. The summed E-state index contributed by atoms with van der Waals surface area (Å²) >= 11 is 18.0. The Morgan fingerprint density at radius 3 is 2.28 bits per heavy atom. The minimum atomic E-state index is -0.379. The number of carbonyl (C=O) groups excluding carboxylic acids is 2. The lowest BCUT2D eigenvalue weighted by molar-refractivity contribution is -0.122. The molecular weight excluding hydrogens is 383 g/mol. The van der Waals surface area contributed by atoms with Gasteiger partial charge in [-0.1, -0.05) is 40.9 Å². The predicted octanol–water partition coefficient (Wildman–Crippen LogP) is 5.17. The van der Waals surface area contributed by atoms with Crippen molar-refractivity contribution in [1.82, 2.24) is 0 Å². The standard InChI is InChI=1S/C18H15Cl3N2O2/c1-9-2-4-11(7-15(9)21)22-17(24)12-8-13(12)18(25)23-16-6-10(19)3-5-14(16)20/h2-7,12-13H,8H2,1H3,(H,22,24)(H,23,25). The van der Waals surface area contributed by atoms with Gasteiger partial charge in [0, 0.05) is 15.7 Å². The van der Waals surface area contributed by atoms with Crippen LogP contribution >= 0.6 is 34.8 Å². The topological polar surface area (TPSA) is 58.2 Å². The zero-order chi connectivity index (χ0) is 18.1. The molecule has 0 bridgehead atoms. The van der Waals surface area contributed by atoms with Crippen LogP contribution in [0.5, 0.6) is 0 Å². The summed E-state index contributed by atoms with van der Waals surface area (Å²) in [4.78, 5) is 24.6. The van der Waals surface area contributed by atoms with Gasteiger partial charge in [-0.25, -0.2) is 0 Å². The lowest BCUT2D eigenvalue weighted by Gasteiger charge is -2.08. The Labute approximate surface area is 160 Å². The summed E-state index contributed by atoms with van der Waals surface area (Å²) in [5, 5.41) is 6.96. The van der Waals surface area contributed by atoms with E-state index in [0.29, 0.717) is 32.9 Å². The van der Waals surface area contributed by atoms with E-state index in [1.54, 1.807) is 30.3 Å². The molecule has 2 atom stereocenters. The minimum Gasteiger partial charge on any atom is -0.326 e. The van der Waals surface area contributed by atoms with Gasteiger partial charge < -0.3 is 10.6 Å². The Balaban J connectivity index is 1.59. The molecule has 130 valence electrons. The van der Waals surface area contributed by atoms with E-state index in [4.69, 9.17) is 34.8 Å². The van der Waals surface area contributed by atoms with Crippen LogP contribution in [0.2, 0.25) is 15.1 Å². The number of anilines is 2. The van der Waals surface area contributed by atoms with Gasteiger partial charge in [0.15, 0.2) is 0 Å². The van der Waals surface area contributed by atoms with Crippen LogP contribution in [0.15, 0.2) is 36.4 Å². The second-order valence-corrected chi connectivity index (χ2v) is 7.27. The molecule has 0 spiro atoms. The number of rotatable bonds is 4. The maximum atomic E-state index is 12.3. The molecule has 2 N–H and O–H groups in total. The molecule has 3 rings (SSSR count). The molecule has 2 amide bonds. The summed E-state index contributed by atoms with van der Waals surface area (Å²) in [5.74, 6) is -1.18. The molecular formula is C18H15Cl3N2O2. The van der Waals surface area contributed by atoms with Gasteiger partial charge in [-0.3, -0.25) is 9.59 Å². The Morgan fingerprint density at radius 2 is 1.60 bits per heavy atom. The smallest absolute Gasteiger partial charge is 0.228 e. The van der Waals surface area contributed by atoms with Crippen LogP contribution in [0, 0.1) is 18.8 Å². The lowest BCUT2D eigenvalue weighted by Crippen LogP contribution is -2.20. The minimum absolute atomic E-state index is 0.197. The molecule has 2 aromatic carbocycles. The average Bonchev–Trinajstić information content (AvgIpc) is 3.35. The van der Waals surface area contributed by atoms with E-state index < -0.39 is 0 Å². The molecule has 7 heteroatoms. The summed E-state index contributed by atoms with van der Waals surface area (Å²) in [6.07, 6.45) is 0.495. The highest BCUT2D eigenvalue weighted by atomic mass is 35.5. The second kappa shape index (κ2) is 7.24. The molecule has 0 radical (unpaired) electrons. The number of aryl methyl sites for hydroxylation is 1. The highest BCUT2D eigenvalue weighted by Crippen LogP contribution is 2.41. The van der Waals surface area contributed by atoms with Crippen LogP contribution in [0.25, 0.3) is 0 Å². The van der Waals surface area contributed by atoms with E-state index in [1.807, 2.05) is 13.0 Å². The molecule has 4 nitrogen and oxygen atoms in total. The number of benzene rings is 2. The Morgan fingerprint density at radius 1 is 0.920 bits per heavy atom. The van der Waals surface area contributed by atoms with Gasteiger partial charge in [-0.15, -0.1) is 0 Å². The molecule has 0 saturated heterocycles. The summed E-state index contributed by atoms with van der Waals surface area (Å²) in [6.45, 7) is 1.89. The number of hydrogen-bond acceptors (Lipinski definition) is 2. The molecule has 0 heterocycles. The fraction of sp³-hybridized carbons (Fsp3) is 0.222. The highest BCUT2D eigenvalue weighted by Gasteiger charge is 2.48. The fourth-order valence-electron chi connectivity index (χ4n) is 2.50. The van der Waals surface area contributed by atoms with Crippen molar-refractivity contribution in [1.29, 1.82) is 0 Å². The maximum absolute atomic E-state index is 12.3. The Bertz CT molecular complexity index is 854. The zero-order valence-corrected chi connectivity index (χ0v) is 15.5. The van der Waals surface area contributed by atoms with Gasteiger partial charge >= 0.3 is 0 Å². The first kappa shape index (κ1) is 18.1. The van der Waals surface area contributed by atoms with Crippen molar-refractivity contribution in [3.05, 3.63) is 57.0 Å². The van der Waals surface area contributed by atoms with E-state index in [9.17, 15) is 9.59 Å². The van der Waals surface area contributed by atoms with Crippen molar-refractivity contribution in [3.8, 4) is 0 Å². The van der Waals surface area contributed by atoms with Crippen LogP contribution in [-0.2, 0) is 9.59 Å². The van der Waals surface area contributed by atoms with Crippen molar-refractivity contribution in [3.63, 3.8) is 0 Å². The summed E-state index contributed by atoms with van der Waals surface area (Å²) in [5.41, 5.74) is 1.99. The molecule has 0 aromatic heterocycles. The zero-order valence-electron chi connectivity index (χ0n) is 13.3. The van der Waals surface area contributed by atoms with Gasteiger partial charge in [0.1, 0.15) is 0 Å². The van der Waals surface area contributed by atoms with Crippen LogP contribution in [0.1, 0.15) is 12.0 Å². The Kier molecular flexibility index (Phi) is 5.23. The number of halogens is 3. The van der Waals surface area contributed by atoms with Crippen LogP contribution < -0.4 is 10.6 Å². The second-order valence-electron chi connectivity index (χ2n) is 6.02. The molecule has 2 unspecified atom stereocenters. The molecule has 1 aliphatic rings. The Hall–Kier alpha value is -1.75. The number of amides is 2. The van der Waals surface area contributed by atoms with E-state index in [0.717, 1.165) is 5.56 Å². The van der Waals surface area contributed by atoms with Gasteiger partial charge in [-0.05, 0) is 49.2 Å². The van der Waals surface area contributed by atoms with E-state index in [1.165, 1.54) is 0 Å².